The number of ether oxygens (including phenoxy) is 2. The smallest absolute Gasteiger partial charge is 0.348 e. The monoisotopic (exact) mass is 419 g/mol. The molecule has 0 radical (unpaired) electrons. The van der Waals surface area contributed by atoms with E-state index >= 15 is 0 Å². The van der Waals surface area contributed by atoms with E-state index in [1.165, 1.54) is 11.8 Å². The number of H-pyrrole nitrogens is 1. The van der Waals surface area contributed by atoms with Gasteiger partial charge >= 0.3 is 11.9 Å². The van der Waals surface area contributed by atoms with Gasteiger partial charge in [0.2, 0.25) is 0 Å². The third-order valence-electron chi connectivity index (χ3n) is 3.94. The lowest BCUT2D eigenvalue weighted by Crippen LogP contribution is -2.11. The van der Waals surface area contributed by atoms with Crippen LogP contribution in [0.2, 0.25) is 0 Å². The highest BCUT2D eigenvalue weighted by molar-refractivity contribution is 7.98. The second-order valence-electron chi connectivity index (χ2n) is 5.94. The molecule has 0 saturated carbocycles. The first-order chi connectivity index (χ1) is 13.4. The number of benzene rings is 1. The number of nitrogen functional groups attached to an aromatic ring is 1. The van der Waals surface area contributed by atoms with Crippen molar-refractivity contribution >= 4 is 51.1 Å². The molecule has 3 N–H and O–H groups in total. The number of esters is 2. The molecule has 0 amide bonds. The molecule has 0 aliphatic rings. The number of aryl methyl sites for hydroxylation is 1. The van der Waals surface area contributed by atoms with Gasteiger partial charge in [-0.2, -0.15) is 0 Å². The van der Waals surface area contributed by atoms with Gasteiger partial charge in [-0.1, -0.05) is 17.8 Å². The Morgan fingerprint density at radius 2 is 1.93 bits per heavy atom. The van der Waals surface area contributed by atoms with Gasteiger partial charge in [0.25, 0.3) is 0 Å². The summed E-state index contributed by atoms with van der Waals surface area (Å²) in [5.41, 5.74) is 9.70. The number of nitrogens with two attached hydrogens (primary N) is 1. The molecule has 0 fully saturated rings. The van der Waals surface area contributed by atoms with Crippen LogP contribution in [-0.2, 0) is 15.2 Å². The van der Waals surface area contributed by atoms with E-state index in [0.29, 0.717) is 21.3 Å². The number of rotatable bonds is 7. The fourth-order valence-electron chi connectivity index (χ4n) is 2.72. The van der Waals surface area contributed by atoms with Crippen LogP contribution in [0.1, 0.15) is 45.0 Å². The van der Waals surface area contributed by atoms with Crippen LogP contribution in [0, 0.1) is 6.92 Å². The van der Waals surface area contributed by atoms with Crippen molar-refractivity contribution in [3.8, 4) is 0 Å². The highest BCUT2D eigenvalue weighted by Crippen LogP contribution is 2.36. The average molecular weight is 420 g/mol. The summed E-state index contributed by atoms with van der Waals surface area (Å²) in [6.45, 7) is 5.92. The van der Waals surface area contributed by atoms with E-state index in [9.17, 15) is 9.59 Å². The van der Waals surface area contributed by atoms with E-state index in [4.69, 9.17) is 15.2 Å². The number of nitrogens with one attached hydrogen (secondary N) is 1. The number of fused-ring (bicyclic) bond motifs is 1. The van der Waals surface area contributed by atoms with Crippen molar-refractivity contribution in [2.24, 2.45) is 0 Å². The zero-order chi connectivity index (χ0) is 20.3. The zero-order valence-electron chi connectivity index (χ0n) is 15.8. The minimum atomic E-state index is -0.539. The molecule has 7 nitrogen and oxygen atoms in total. The minimum Gasteiger partial charge on any atom is -0.462 e. The summed E-state index contributed by atoms with van der Waals surface area (Å²) in [7, 11) is 0. The summed E-state index contributed by atoms with van der Waals surface area (Å²) in [5.74, 6) is -0.706. The van der Waals surface area contributed by atoms with Gasteiger partial charge in [0.15, 0.2) is 5.16 Å². The molecule has 3 rings (SSSR count). The van der Waals surface area contributed by atoms with Crippen LogP contribution in [-0.4, -0.2) is 35.1 Å². The van der Waals surface area contributed by atoms with Gasteiger partial charge < -0.3 is 20.2 Å². The lowest BCUT2D eigenvalue weighted by Gasteiger charge is -2.06. The molecule has 0 aliphatic heterocycles. The molecule has 28 heavy (non-hydrogen) atoms. The first-order valence-corrected chi connectivity index (χ1v) is 10.6. The molecule has 1 aromatic carbocycles. The largest absolute Gasteiger partial charge is 0.462 e. The van der Waals surface area contributed by atoms with Crippen molar-refractivity contribution < 1.29 is 19.1 Å². The molecule has 9 heteroatoms. The summed E-state index contributed by atoms with van der Waals surface area (Å²) < 4.78 is 10.2. The Labute approximate surface area is 170 Å². The fourth-order valence-corrected chi connectivity index (χ4v) is 4.69. The Morgan fingerprint density at radius 3 is 2.64 bits per heavy atom. The molecule has 0 aliphatic carbocycles. The average Bonchev–Trinajstić information content (AvgIpc) is 3.20. The van der Waals surface area contributed by atoms with Crippen LogP contribution in [0.25, 0.3) is 11.0 Å². The van der Waals surface area contributed by atoms with E-state index in [0.717, 1.165) is 27.9 Å². The van der Waals surface area contributed by atoms with Crippen LogP contribution in [0.4, 0.5) is 5.00 Å². The number of thiophene rings is 1. The maximum absolute atomic E-state index is 12.4. The standard InChI is InChI=1S/C19H21N3O4S2/c1-4-25-17(23)14-11(15(28-16(14)20)18(24)26-5-2)9-27-19-21-12-7-6-10(3)8-13(12)22-19/h6-8H,4-5,9,20H2,1-3H3,(H,21,22). The van der Waals surface area contributed by atoms with Gasteiger partial charge in [0.1, 0.15) is 9.88 Å². The molecule has 148 valence electrons. The Kier molecular flexibility index (Phi) is 6.25. The quantitative estimate of drug-likeness (QED) is 0.437. The molecule has 3 aromatic rings. The first-order valence-electron chi connectivity index (χ1n) is 8.79. The third-order valence-corrected chi connectivity index (χ3v) is 5.88. The van der Waals surface area contributed by atoms with Gasteiger partial charge in [-0.3, -0.25) is 0 Å². The van der Waals surface area contributed by atoms with Gasteiger partial charge in [-0.05, 0) is 38.5 Å². The molecule has 2 aromatic heterocycles. The van der Waals surface area contributed by atoms with Gasteiger partial charge in [-0.25, -0.2) is 14.6 Å². The second kappa shape index (κ2) is 8.66. The minimum absolute atomic E-state index is 0.221. The Morgan fingerprint density at radius 1 is 1.21 bits per heavy atom. The number of carbonyl (C=O) groups excluding carboxylic acids is 2. The molecule has 0 atom stereocenters. The second-order valence-corrected chi connectivity index (χ2v) is 7.96. The Hall–Kier alpha value is -2.52. The van der Waals surface area contributed by atoms with Crippen molar-refractivity contribution in [2.75, 3.05) is 18.9 Å². The highest BCUT2D eigenvalue weighted by atomic mass is 32.2. The van der Waals surface area contributed by atoms with E-state index in [2.05, 4.69) is 9.97 Å². The van der Waals surface area contributed by atoms with E-state index < -0.39 is 11.9 Å². The van der Waals surface area contributed by atoms with E-state index in [1.54, 1.807) is 13.8 Å². The Balaban J connectivity index is 1.93. The van der Waals surface area contributed by atoms with Crippen LogP contribution < -0.4 is 5.73 Å². The first kappa shape index (κ1) is 20.2. The number of carbonyl (C=O) groups is 2. The van der Waals surface area contributed by atoms with Crippen LogP contribution >= 0.6 is 23.1 Å². The predicted molar refractivity (Wildman–Crippen MR) is 111 cm³/mol. The van der Waals surface area contributed by atoms with Gasteiger partial charge in [0, 0.05) is 11.3 Å². The number of aromatic nitrogens is 2. The molecule has 0 saturated heterocycles. The van der Waals surface area contributed by atoms with Crippen molar-refractivity contribution in [1.82, 2.24) is 9.97 Å². The zero-order valence-corrected chi connectivity index (χ0v) is 17.5. The molecular formula is C19H21N3O4S2. The van der Waals surface area contributed by atoms with E-state index in [1.807, 2.05) is 25.1 Å². The number of hydrogen-bond donors (Lipinski definition) is 2. The molecule has 2 heterocycles. The fraction of sp³-hybridized carbons (Fsp3) is 0.316. The highest BCUT2D eigenvalue weighted by Gasteiger charge is 2.27. The van der Waals surface area contributed by atoms with Crippen molar-refractivity contribution in [1.29, 1.82) is 0 Å². The predicted octanol–water partition coefficient (Wildman–Crippen LogP) is 4.16. The summed E-state index contributed by atoms with van der Waals surface area (Å²) in [6.07, 6.45) is 0. The summed E-state index contributed by atoms with van der Waals surface area (Å²) >= 11 is 2.43. The molecular weight excluding hydrogens is 398 g/mol. The number of imidazole rings is 1. The van der Waals surface area contributed by atoms with Crippen LogP contribution in [0.5, 0.6) is 0 Å². The molecule has 0 spiro atoms. The summed E-state index contributed by atoms with van der Waals surface area (Å²) in [6, 6.07) is 5.96. The SMILES string of the molecule is CCOC(=O)c1sc(N)c(C(=O)OCC)c1CSc1nc2ccc(C)cc2[nH]1. The maximum Gasteiger partial charge on any atom is 0.348 e. The van der Waals surface area contributed by atoms with Gasteiger partial charge in [0.05, 0.1) is 29.8 Å². The summed E-state index contributed by atoms with van der Waals surface area (Å²) in [5, 5.41) is 0.937. The molecule has 0 unspecified atom stereocenters. The van der Waals surface area contributed by atoms with Crippen molar-refractivity contribution in [2.45, 2.75) is 31.7 Å². The van der Waals surface area contributed by atoms with E-state index in [-0.39, 0.29) is 23.8 Å². The van der Waals surface area contributed by atoms with Crippen LogP contribution in [0.3, 0.4) is 0 Å². The lowest BCUT2D eigenvalue weighted by molar-refractivity contribution is 0.0527. The Bertz CT molecular complexity index is 1030. The number of thioether (sulfide) groups is 1. The lowest BCUT2D eigenvalue weighted by atomic mass is 10.1. The van der Waals surface area contributed by atoms with Gasteiger partial charge in [-0.15, -0.1) is 11.3 Å². The number of hydrogen-bond acceptors (Lipinski definition) is 8. The number of nitrogens with zero attached hydrogens (tertiary/aromatic N) is 1. The molecule has 0 bridgehead atoms. The number of anilines is 1. The third kappa shape index (κ3) is 4.15. The maximum atomic E-state index is 12.4. The number of aromatic amines is 1. The van der Waals surface area contributed by atoms with Crippen molar-refractivity contribution in [3.63, 3.8) is 0 Å². The summed E-state index contributed by atoms with van der Waals surface area (Å²) in [4.78, 5) is 32.9. The van der Waals surface area contributed by atoms with Crippen molar-refractivity contribution in [3.05, 3.63) is 39.8 Å². The normalized spacial score (nSPS) is 11.0. The topological polar surface area (TPSA) is 107 Å². The van der Waals surface area contributed by atoms with Crippen LogP contribution in [0.15, 0.2) is 23.4 Å².